The maximum absolute atomic E-state index is 11.0. The maximum atomic E-state index is 11.0. The molecule has 0 spiro atoms. The molecule has 0 saturated heterocycles. The van der Waals surface area contributed by atoms with E-state index in [2.05, 4.69) is 4.74 Å². The molecule has 0 fully saturated rings. The molecule has 1 aromatic carbocycles. The topological polar surface area (TPSA) is 78.7 Å². The van der Waals surface area contributed by atoms with E-state index in [1.807, 2.05) is 0 Å². The van der Waals surface area contributed by atoms with Crippen molar-refractivity contribution in [3.05, 3.63) is 33.9 Å². The smallest absolute Gasteiger partial charge is 0.310 e. The van der Waals surface area contributed by atoms with Gasteiger partial charge in [0.15, 0.2) is 11.8 Å². The van der Waals surface area contributed by atoms with Gasteiger partial charge in [0.2, 0.25) is 0 Å². The van der Waals surface area contributed by atoms with E-state index in [4.69, 9.17) is 16.3 Å². The molecule has 0 unspecified atom stereocenters. The van der Waals surface area contributed by atoms with Crippen LogP contribution in [0.4, 0.5) is 5.69 Å². The largest absolute Gasteiger partial charge is 0.471 e. The Hall–Kier alpha value is -1.82. The minimum atomic E-state index is -0.580. The van der Waals surface area contributed by atoms with Gasteiger partial charge >= 0.3 is 11.7 Å². The third-order valence-corrected chi connectivity index (χ3v) is 2.12. The SMILES string of the molecule is COC(=O)Cc1ccc([N+](=O)[O-])c(OCCl)c1. The zero-order valence-corrected chi connectivity index (χ0v) is 9.77. The van der Waals surface area contributed by atoms with Crippen LogP contribution in [-0.4, -0.2) is 24.1 Å². The van der Waals surface area contributed by atoms with E-state index in [9.17, 15) is 14.9 Å². The first-order valence-electron chi connectivity index (χ1n) is 4.61. The van der Waals surface area contributed by atoms with E-state index in [1.165, 1.54) is 25.3 Å². The van der Waals surface area contributed by atoms with Crippen molar-refractivity contribution in [2.45, 2.75) is 6.42 Å². The quantitative estimate of drug-likeness (QED) is 0.349. The van der Waals surface area contributed by atoms with Crippen LogP contribution < -0.4 is 4.74 Å². The lowest BCUT2D eigenvalue weighted by Crippen LogP contribution is -2.05. The van der Waals surface area contributed by atoms with Gasteiger partial charge in [-0.05, 0) is 11.6 Å². The van der Waals surface area contributed by atoms with Crippen molar-refractivity contribution in [2.75, 3.05) is 13.2 Å². The summed E-state index contributed by atoms with van der Waals surface area (Å²) in [7, 11) is 1.27. The average molecular weight is 260 g/mol. The minimum Gasteiger partial charge on any atom is -0.471 e. The molecule has 92 valence electrons. The van der Waals surface area contributed by atoms with Crippen molar-refractivity contribution < 1.29 is 19.2 Å². The Balaban J connectivity index is 3.00. The van der Waals surface area contributed by atoms with Crippen molar-refractivity contribution >= 4 is 23.3 Å². The number of nitro groups is 1. The molecule has 0 aliphatic rings. The molecule has 1 aromatic rings. The molecule has 0 aliphatic carbocycles. The zero-order chi connectivity index (χ0) is 12.8. The van der Waals surface area contributed by atoms with Gasteiger partial charge in [0, 0.05) is 6.07 Å². The van der Waals surface area contributed by atoms with Gasteiger partial charge in [0.25, 0.3) is 0 Å². The number of carbonyl (C=O) groups excluding carboxylic acids is 1. The van der Waals surface area contributed by atoms with E-state index in [-0.39, 0.29) is 23.9 Å². The molecule has 0 atom stereocenters. The molecule has 0 heterocycles. The minimum absolute atomic E-state index is 0.0210. The van der Waals surface area contributed by atoms with Crippen LogP contribution in [0.15, 0.2) is 18.2 Å². The van der Waals surface area contributed by atoms with Gasteiger partial charge in [-0.25, -0.2) is 0 Å². The normalized spacial score (nSPS) is 9.76. The number of carbonyl (C=O) groups is 1. The van der Waals surface area contributed by atoms with E-state index in [0.29, 0.717) is 5.56 Å². The predicted molar refractivity (Wildman–Crippen MR) is 60.2 cm³/mol. The fourth-order valence-electron chi connectivity index (χ4n) is 1.23. The fraction of sp³-hybridized carbons (Fsp3) is 0.300. The Kier molecular flexibility index (Phi) is 4.71. The standard InChI is InChI=1S/C10H10ClNO5/c1-16-10(13)5-7-2-3-8(12(14)15)9(4-7)17-6-11/h2-4H,5-6H2,1H3. The van der Waals surface area contributed by atoms with Crippen LogP contribution in [0.5, 0.6) is 5.75 Å². The number of alkyl halides is 1. The second-order valence-electron chi connectivity index (χ2n) is 3.07. The van der Waals surface area contributed by atoms with E-state index < -0.39 is 10.9 Å². The highest BCUT2D eigenvalue weighted by molar-refractivity contribution is 6.17. The van der Waals surface area contributed by atoms with E-state index in [1.54, 1.807) is 0 Å². The number of hydrogen-bond acceptors (Lipinski definition) is 5. The summed E-state index contributed by atoms with van der Waals surface area (Å²) in [6.45, 7) is 0. The van der Waals surface area contributed by atoms with E-state index in [0.717, 1.165) is 0 Å². The van der Waals surface area contributed by atoms with Crippen molar-refractivity contribution in [2.24, 2.45) is 0 Å². The summed E-state index contributed by atoms with van der Waals surface area (Å²) in [6, 6.07) is 3.93. The van der Waals surface area contributed by atoms with Crippen LogP contribution >= 0.6 is 11.6 Å². The van der Waals surface area contributed by atoms with Crippen molar-refractivity contribution in [1.29, 1.82) is 0 Å². The molecular weight excluding hydrogens is 250 g/mol. The lowest BCUT2D eigenvalue weighted by atomic mass is 10.1. The number of nitrogens with zero attached hydrogens (tertiary/aromatic N) is 1. The lowest BCUT2D eigenvalue weighted by Gasteiger charge is -2.05. The molecule has 6 nitrogen and oxygen atoms in total. The Bertz CT molecular complexity index is 435. The number of hydrogen-bond donors (Lipinski definition) is 0. The molecular formula is C10H10ClNO5. The molecule has 17 heavy (non-hydrogen) atoms. The molecule has 0 saturated carbocycles. The Labute approximate surface area is 102 Å². The Morgan fingerprint density at radius 2 is 2.24 bits per heavy atom. The predicted octanol–water partition coefficient (Wildman–Crippen LogP) is 1.89. The van der Waals surface area contributed by atoms with Crippen LogP contribution in [0.2, 0.25) is 0 Å². The number of ether oxygens (including phenoxy) is 2. The highest BCUT2D eigenvalue weighted by atomic mass is 35.5. The summed E-state index contributed by atoms with van der Waals surface area (Å²) >= 11 is 5.36. The van der Waals surface area contributed by atoms with Crippen LogP contribution in [0, 0.1) is 10.1 Å². The van der Waals surface area contributed by atoms with Crippen molar-refractivity contribution in [3.63, 3.8) is 0 Å². The van der Waals surface area contributed by atoms with Gasteiger partial charge in [0.1, 0.15) is 0 Å². The summed E-state index contributed by atoms with van der Waals surface area (Å²) in [6.07, 6.45) is 0.0210. The number of rotatable bonds is 5. The van der Waals surface area contributed by atoms with Crippen LogP contribution in [-0.2, 0) is 16.0 Å². The number of nitro benzene ring substituents is 1. The number of halogens is 1. The van der Waals surface area contributed by atoms with Gasteiger partial charge in [0.05, 0.1) is 18.5 Å². The zero-order valence-electron chi connectivity index (χ0n) is 9.01. The molecule has 0 aromatic heterocycles. The fourth-order valence-corrected chi connectivity index (χ4v) is 1.35. The van der Waals surface area contributed by atoms with Crippen molar-refractivity contribution in [3.8, 4) is 5.75 Å². The second-order valence-corrected chi connectivity index (χ2v) is 3.28. The van der Waals surface area contributed by atoms with Crippen LogP contribution in [0.3, 0.4) is 0 Å². The molecule has 0 radical (unpaired) electrons. The van der Waals surface area contributed by atoms with Crippen LogP contribution in [0.1, 0.15) is 5.56 Å². The first-order chi connectivity index (χ1) is 8.08. The molecule has 0 amide bonds. The highest BCUT2D eigenvalue weighted by Gasteiger charge is 2.16. The number of benzene rings is 1. The monoisotopic (exact) mass is 259 g/mol. The molecule has 0 N–H and O–H groups in total. The first kappa shape index (κ1) is 13.2. The lowest BCUT2D eigenvalue weighted by molar-refractivity contribution is -0.385. The average Bonchev–Trinajstić information content (AvgIpc) is 2.29. The molecule has 0 aliphatic heterocycles. The Morgan fingerprint density at radius 3 is 2.76 bits per heavy atom. The summed E-state index contributed by atoms with van der Waals surface area (Å²) in [5.74, 6) is -0.401. The maximum Gasteiger partial charge on any atom is 0.310 e. The second kappa shape index (κ2) is 6.05. The highest BCUT2D eigenvalue weighted by Crippen LogP contribution is 2.28. The number of methoxy groups -OCH3 is 1. The van der Waals surface area contributed by atoms with Gasteiger partial charge in [-0.1, -0.05) is 17.7 Å². The van der Waals surface area contributed by atoms with Gasteiger partial charge in [-0.15, -0.1) is 0 Å². The molecule has 0 bridgehead atoms. The Morgan fingerprint density at radius 1 is 1.53 bits per heavy atom. The third kappa shape index (κ3) is 3.60. The van der Waals surface area contributed by atoms with Crippen LogP contribution in [0.25, 0.3) is 0 Å². The van der Waals surface area contributed by atoms with Crippen molar-refractivity contribution in [1.82, 2.24) is 0 Å². The summed E-state index contributed by atoms with van der Waals surface area (Å²) in [5, 5.41) is 10.7. The summed E-state index contributed by atoms with van der Waals surface area (Å²) < 4.78 is 9.42. The summed E-state index contributed by atoms with van der Waals surface area (Å²) in [5.41, 5.74) is 0.363. The van der Waals surface area contributed by atoms with Gasteiger partial charge in [-0.2, -0.15) is 0 Å². The summed E-state index contributed by atoms with van der Waals surface area (Å²) in [4.78, 5) is 21.1. The third-order valence-electron chi connectivity index (χ3n) is 2.01. The van der Waals surface area contributed by atoms with E-state index >= 15 is 0 Å². The van der Waals surface area contributed by atoms with Gasteiger partial charge < -0.3 is 9.47 Å². The molecule has 7 heteroatoms. The van der Waals surface area contributed by atoms with Gasteiger partial charge in [-0.3, -0.25) is 14.9 Å². The number of esters is 1. The first-order valence-corrected chi connectivity index (χ1v) is 5.14. The molecule has 1 rings (SSSR count).